The van der Waals surface area contributed by atoms with Gasteiger partial charge in [-0.2, -0.15) is 0 Å². The van der Waals surface area contributed by atoms with Crippen molar-refractivity contribution in [3.8, 4) is 11.5 Å². The van der Waals surface area contributed by atoms with Crippen LogP contribution in [0.5, 0.6) is 11.5 Å². The number of nitrogens with one attached hydrogen (secondary N) is 2. The van der Waals surface area contributed by atoms with E-state index in [9.17, 15) is 24.8 Å². The van der Waals surface area contributed by atoms with Gasteiger partial charge in [-0.05, 0) is 61.9 Å². The third kappa shape index (κ3) is 6.55. The number of allylic oxidation sites excluding steroid dienone is 2. The number of rotatable bonds is 13. The number of unbranched alkanes of at least 4 members (excludes halogenated alkanes) is 1. The molecule has 0 aliphatic carbocycles. The lowest BCUT2D eigenvalue weighted by molar-refractivity contribution is -0.383. The molecule has 45 heavy (non-hydrogen) atoms. The summed E-state index contributed by atoms with van der Waals surface area (Å²) in [5.74, 6) is -0.164. The number of nitro benzene ring substituents is 1. The zero-order valence-corrected chi connectivity index (χ0v) is 25.7. The first-order chi connectivity index (χ1) is 21.7. The molecule has 10 nitrogen and oxygen atoms in total. The normalized spacial score (nSPS) is 12.7. The molecule has 3 N–H and O–H groups in total. The van der Waals surface area contributed by atoms with Crippen molar-refractivity contribution < 1.29 is 29.1 Å². The van der Waals surface area contributed by atoms with Gasteiger partial charge < -0.3 is 25.2 Å². The van der Waals surface area contributed by atoms with E-state index < -0.39 is 5.97 Å². The molecule has 0 fully saturated rings. The number of ether oxygens (including phenoxy) is 2. The molecule has 1 amide bonds. The number of methoxy groups -OCH3 is 1. The van der Waals surface area contributed by atoms with E-state index >= 15 is 0 Å². The number of cyclic esters (lactones) is 1. The van der Waals surface area contributed by atoms with Gasteiger partial charge in [-0.1, -0.05) is 48.0 Å². The maximum Gasteiger partial charge on any atom is 0.342 e. The Morgan fingerprint density at radius 1 is 1.11 bits per heavy atom. The number of nitrogens with zero attached hydrogens (tertiary/aromatic N) is 1. The Morgan fingerprint density at radius 3 is 2.64 bits per heavy atom. The summed E-state index contributed by atoms with van der Waals surface area (Å²) in [4.78, 5) is 36.1. The number of phenols is 1. The summed E-state index contributed by atoms with van der Waals surface area (Å²) in [6.45, 7) is 5.02. The van der Waals surface area contributed by atoms with Crippen molar-refractivity contribution in [1.82, 2.24) is 5.32 Å². The molecule has 0 unspecified atom stereocenters. The van der Waals surface area contributed by atoms with Crippen molar-refractivity contribution in [3.63, 3.8) is 0 Å². The average Bonchev–Trinajstić information content (AvgIpc) is 3.43. The van der Waals surface area contributed by atoms with Crippen LogP contribution in [0.4, 0.5) is 11.4 Å². The molecule has 1 heterocycles. The van der Waals surface area contributed by atoms with Crippen LogP contribution >= 0.6 is 0 Å². The van der Waals surface area contributed by atoms with Crippen molar-refractivity contribution in [3.05, 3.63) is 92.5 Å². The maximum absolute atomic E-state index is 12.5. The summed E-state index contributed by atoms with van der Waals surface area (Å²) in [7, 11) is 1.53. The molecule has 0 saturated heterocycles. The summed E-state index contributed by atoms with van der Waals surface area (Å²) in [6, 6.07) is 14.9. The smallest absolute Gasteiger partial charge is 0.342 e. The van der Waals surface area contributed by atoms with Crippen molar-refractivity contribution >= 4 is 44.8 Å². The fourth-order valence-corrected chi connectivity index (χ4v) is 5.94. The van der Waals surface area contributed by atoms with Gasteiger partial charge in [-0.25, -0.2) is 4.79 Å². The van der Waals surface area contributed by atoms with E-state index in [0.29, 0.717) is 54.6 Å². The van der Waals surface area contributed by atoms with Crippen LogP contribution in [-0.2, 0) is 22.6 Å². The van der Waals surface area contributed by atoms with Crippen LogP contribution in [-0.4, -0.2) is 42.1 Å². The molecule has 0 atom stereocenters. The zero-order valence-electron chi connectivity index (χ0n) is 25.7. The minimum absolute atomic E-state index is 0.0528. The number of nitro groups is 1. The Kier molecular flexibility index (Phi) is 9.51. The molecular formula is C35H37N3O7. The molecule has 1 aliphatic heterocycles. The molecule has 234 valence electrons. The molecule has 4 aromatic rings. The second-order valence-electron chi connectivity index (χ2n) is 11.3. The predicted octanol–water partition coefficient (Wildman–Crippen LogP) is 6.87. The number of anilines is 1. The summed E-state index contributed by atoms with van der Waals surface area (Å²) in [6.07, 6.45) is 4.68. The number of hydrogen-bond donors (Lipinski definition) is 3. The molecule has 0 radical (unpaired) electrons. The van der Waals surface area contributed by atoms with Gasteiger partial charge in [0.1, 0.15) is 23.7 Å². The predicted molar refractivity (Wildman–Crippen MR) is 174 cm³/mol. The first-order valence-corrected chi connectivity index (χ1v) is 15.0. The molecular weight excluding hydrogens is 574 g/mol. The van der Waals surface area contributed by atoms with Crippen LogP contribution in [0.1, 0.15) is 59.7 Å². The number of hydrogen-bond acceptors (Lipinski definition) is 8. The van der Waals surface area contributed by atoms with E-state index in [0.717, 1.165) is 45.8 Å². The summed E-state index contributed by atoms with van der Waals surface area (Å²) in [5, 5.41) is 32.3. The van der Waals surface area contributed by atoms with Crippen LogP contribution in [0, 0.1) is 17.0 Å². The molecule has 0 saturated carbocycles. The van der Waals surface area contributed by atoms with Gasteiger partial charge >= 0.3 is 5.97 Å². The van der Waals surface area contributed by atoms with Crippen molar-refractivity contribution in [2.75, 3.05) is 25.5 Å². The summed E-state index contributed by atoms with van der Waals surface area (Å²) < 4.78 is 10.7. The Morgan fingerprint density at radius 2 is 1.87 bits per heavy atom. The van der Waals surface area contributed by atoms with Gasteiger partial charge in [0.25, 0.3) is 5.69 Å². The number of phenolic OH excluding ortho intramolecular Hbond substituents is 1. The van der Waals surface area contributed by atoms with Crippen molar-refractivity contribution in [2.24, 2.45) is 0 Å². The Bertz CT molecular complexity index is 1830. The SMILES string of the molecule is COc1c(C)c2c(c(O)c1C/C=C(\C)CCC(=O)NCCCCNc1c3ccccc3cc3cccc([N+](=O)[O-])c13)C(=O)OC2. The molecule has 10 heteroatoms. The lowest BCUT2D eigenvalue weighted by Gasteiger charge is -2.15. The summed E-state index contributed by atoms with van der Waals surface area (Å²) >= 11 is 0. The molecule has 0 bridgehead atoms. The van der Waals surface area contributed by atoms with E-state index in [1.165, 1.54) is 13.2 Å². The highest BCUT2D eigenvalue weighted by atomic mass is 16.6. The van der Waals surface area contributed by atoms with E-state index in [-0.39, 0.29) is 34.4 Å². The van der Waals surface area contributed by atoms with Crippen LogP contribution in [0.15, 0.2) is 60.2 Å². The third-order valence-electron chi connectivity index (χ3n) is 8.34. The molecule has 0 spiro atoms. The first-order valence-electron chi connectivity index (χ1n) is 15.0. The monoisotopic (exact) mass is 611 g/mol. The number of benzene rings is 4. The van der Waals surface area contributed by atoms with Gasteiger partial charge in [0.05, 0.1) is 23.1 Å². The lowest BCUT2D eigenvalue weighted by Crippen LogP contribution is -2.24. The second kappa shape index (κ2) is 13.7. The van der Waals surface area contributed by atoms with Gasteiger partial charge in [0.2, 0.25) is 5.91 Å². The summed E-state index contributed by atoms with van der Waals surface area (Å²) in [5.41, 5.74) is 3.96. The zero-order chi connectivity index (χ0) is 32.1. The van der Waals surface area contributed by atoms with E-state index in [2.05, 4.69) is 10.6 Å². The molecule has 5 rings (SSSR count). The number of fused-ring (bicyclic) bond motifs is 3. The first kappa shape index (κ1) is 31.3. The molecule has 1 aliphatic rings. The Hall–Kier alpha value is -5.12. The van der Waals surface area contributed by atoms with Crippen LogP contribution in [0.2, 0.25) is 0 Å². The quantitative estimate of drug-likeness (QED) is 0.0372. The number of carbonyl (C=O) groups is 2. The number of non-ortho nitro benzene ring substituents is 1. The largest absolute Gasteiger partial charge is 0.507 e. The third-order valence-corrected chi connectivity index (χ3v) is 8.34. The number of amides is 1. The van der Waals surface area contributed by atoms with E-state index in [4.69, 9.17) is 9.47 Å². The Balaban J connectivity index is 1.11. The van der Waals surface area contributed by atoms with Crippen LogP contribution < -0.4 is 15.4 Å². The topological polar surface area (TPSA) is 140 Å². The second-order valence-corrected chi connectivity index (χ2v) is 11.3. The van der Waals surface area contributed by atoms with Gasteiger partial charge in [0.15, 0.2) is 0 Å². The Labute approximate surface area is 261 Å². The van der Waals surface area contributed by atoms with Gasteiger partial charge in [-0.15, -0.1) is 0 Å². The van der Waals surface area contributed by atoms with E-state index in [1.54, 1.807) is 6.07 Å². The average molecular weight is 612 g/mol. The van der Waals surface area contributed by atoms with Gasteiger partial charge in [0, 0.05) is 42.1 Å². The number of esters is 1. The highest BCUT2D eigenvalue weighted by molar-refractivity contribution is 6.14. The fraction of sp³-hybridized carbons (Fsp3) is 0.314. The van der Waals surface area contributed by atoms with Gasteiger partial charge in [-0.3, -0.25) is 14.9 Å². The lowest BCUT2D eigenvalue weighted by atomic mass is 9.94. The standard InChI is InChI=1S/C35H37N3O7/c1-21(13-15-26-33(40)31-27(20-45-35(31)41)22(2)34(26)44-3)14-16-29(39)36-17-6-7-18-37-32-25-11-5-4-9-23(25)19-24-10-8-12-28(30(24)32)38(42)43/h4-5,8-13,19,37,40H,6-7,14-18,20H2,1-3H3,(H,36,39)/b21-13+. The highest BCUT2D eigenvalue weighted by Gasteiger charge is 2.31. The minimum atomic E-state index is -0.534. The fourth-order valence-electron chi connectivity index (χ4n) is 5.94. The van der Waals surface area contributed by atoms with Crippen LogP contribution in [0.25, 0.3) is 21.5 Å². The van der Waals surface area contributed by atoms with Crippen molar-refractivity contribution in [1.29, 1.82) is 0 Å². The van der Waals surface area contributed by atoms with Crippen molar-refractivity contribution in [2.45, 2.75) is 52.6 Å². The highest BCUT2D eigenvalue weighted by Crippen LogP contribution is 2.42. The molecule has 0 aromatic heterocycles. The van der Waals surface area contributed by atoms with E-state index in [1.807, 2.05) is 56.3 Å². The number of carbonyl (C=O) groups excluding carboxylic acids is 2. The number of aromatic hydroxyl groups is 1. The minimum Gasteiger partial charge on any atom is -0.507 e. The molecule has 4 aromatic carbocycles. The maximum atomic E-state index is 12.5. The van der Waals surface area contributed by atoms with Crippen LogP contribution in [0.3, 0.4) is 0 Å².